The van der Waals surface area contributed by atoms with Gasteiger partial charge in [0.15, 0.2) is 0 Å². The topological polar surface area (TPSA) is 78.8 Å². The summed E-state index contributed by atoms with van der Waals surface area (Å²) in [5, 5.41) is 23.1. The first-order valence-electron chi connectivity index (χ1n) is 7.37. The summed E-state index contributed by atoms with van der Waals surface area (Å²) in [7, 11) is 1.50. The van der Waals surface area contributed by atoms with Crippen LogP contribution in [-0.2, 0) is 4.74 Å². The summed E-state index contributed by atoms with van der Waals surface area (Å²) >= 11 is 0. The molecular formula is C16H31NO4. The lowest BCUT2D eigenvalue weighted by atomic mass is 9.64. The van der Waals surface area contributed by atoms with Crippen molar-refractivity contribution in [1.29, 1.82) is 0 Å². The maximum Gasteiger partial charge on any atom is 0.406 e. The maximum atomic E-state index is 11.2. The fourth-order valence-corrected chi connectivity index (χ4v) is 2.38. The molecule has 0 heterocycles. The Labute approximate surface area is 128 Å². The van der Waals surface area contributed by atoms with E-state index in [1.165, 1.54) is 7.05 Å². The molecule has 0 saturated carbocycles. The Balaban J connectivity index is 5.11. The largest absolute Gasteiger partial charge is 0.450 e. The average Bonchev–Trinajstić information content (AvgIpc) is 2.34. The van der Waals surface area contributed by atoms with Gasteiger partial charge in [0, 0.05) is 12.5 Å². The van der Waals surface area contributed by atoms with Crippen LogP contribution < -0.4 is 5.32 Å². The highest BCUT2D eigenvalue weighted by Crippen LogP contribution is 2.45. The van der Waals surface area contributed by atoms with Crippen LogP contribution in [0.3, 0.4) is 0 Å². The summed E-state index contributed by atoms with van der Waals surface area (Å²) in [6.45, 7) is 13.0. The summed E-state index contributed by atoms with van der Waals surface area (Å²) in [6.07, 6.45) is 1.16. The summed E-state index contributed by atoms with van der Waals surface area (Å²) in [4.78, 5) is 11.2. The molecule has 0 spiro atoms. The molecule has 3 N–H and O–H groups in total. The number of hydrogen-bond acceptors (Lipinski definition) is 4. The molecule has 0 fully saturated rings. The van der Waals surface area contributed by atoms with Crippen LogP contribution in [-0.4, -0.2) is 41.2 Å². The van der Waals surface area contributed by atoms with Crippen molar-refractivity contribution < 1.29 is 19.7 Å². The first-order chi connectivity index (χ1) is 9.39. The fourth-order valence-electron chi connectivity index (χ4n) is 2.38. The van der Waals surface area contributed by atoms with Gasteiger partial charge in [0.25, 0.3) is 0 Å². The monoisotopic (exact) mass is 301 g/mol. The van der Waals surface area contributed by atoms with Crippen molar-refractivity contribution in [3.8, 4) is 0 Å². The van der Waals surface area contributed by atoms with Crippen molar-refractivity contribution >= 4 is 6.09 Å². The van der Waals surface area contributed by atoms with Gasteiger partial charge in [-0.15, -0.1) is 0 Å². The summed E-state index contributed by atoms with van der Waals surface area (Å²) in [6, 6.07) is 0. The number of alkyl carbamates (subject to hydrolysis) is 1. The van der Waals surface area contributed by atoms with Gasteiger partial charge in [-0.05, 0) is 52.5 Å². The molecule has 0 aromatic rings. The number of aliphatic hydroxyl groups is 2. The van der Waals surface area contributed by atoms with Crippen LogP contribution in [0, 0.1) is 5.41 Å². The molecule has 0 aliphatic rings. The Morgan fingerprint density at radius 3 is 2.10 bits per heavy atom. The van der Waals surface area contributed by atoms with E-state index in [2.05, 4.69) is 11.9 Å². The van der Waals surface area contributed by atoms with E-state index in [0.717, 1.165) is 0 Å². The van der Waals surface area contributed by atoms with Gasteiger partial charge in [-0.3, -0.25) is 0 Å². The number of nitrogens with one attached hydrogen (secondary N) is 1. The van der Waals surface area contributed by atoms with E-state index in [4.69, 9.17) is 4.74 Å². The predicted molar refractivity (Wildman–Crippen MR) is 84.1 cm³/mol. The number of carbonyl (C=O) groups excluding carboxylic acids is 1. The first-order valence-corrected chi connectivity index (χ1v) is 7.37. The molecular weight excluding hydrogens is 270 g/mol. The molecule has 1 amide bonds. The minimum absolute atomic E-state index is 0.205. The molecule has 1 unspecified atom stereocenters. The third-order valence-electron chi connectivity index (χ3n) is 4.41. The molecule has 21 heavy (non-hydrogen) atoms. The lowest BCUT2D eigenvalue weighted by Crippen LogP contribution is -2.46. The molecule has 0 aromatic carbocycles. The third-order valence-corrected chi connectivity index (χ3v) is 4.41. The van der Waals surface area contributed by atoms with E-state index in [1.54, 1.807) is 27.7 Å². The molecule has 0 aliphatic carbocycles. The lowest BCUT2D eigenvalue weighted by molar-refractivity contribution is -0.0751. The Hall–Kier alpha value is -1.07. The number of rotatable bonds is 8. The van der Waals surface area contributed by atoms with Crippen LogP contribution in [0.4, 0.5) is 4.79 Å². The van der Waals surface area contributed by atoms with E-state index in [1.807, 2.05) is 6.92 Å². The number of carbonyl (C=O) groups is 1. The maximum absolute atomic E-state index is 11.2. The normalized spacial score (nSPS) is 15.2. The quantitative estimate of drug-likeness (QED) is 0.602. The molecule has 0 radical (unpaired) electrons. The van der Waals surface area contributed by atoms with Crippen molar-refractivity contribution in [1.82, 2.24) is 5.32 Å². The van der Waals surface area contributed by atoms with E-state index in [0.29, 0.717) is 24.8 Å². The molecule has 5 nitrogen and oxygen atoms in total. The van der Waals surface area contributed by atoms with E-state index < -0.39 is 22.7 Å². The molecule has 0 bridgehead atoms. The predicted octanol–water partition coefficient (Wildman–Crippen LogP) is 2.62. The van der Waals surface area contributed by atoms with Gasteiger partial charge in [0.1, 0.15) is 0 Å². The fraction of sp³-hybridized carbons (Fsp3) is 0.812. The van der Waals surface area contributed by atoms with Crippen molar-refractivity contribution in [2.75, 3.05) is 13.7 Å². The van der Waals surface area contributed by atoms with Crippen LogP contribution in [0.15, 0.2) is 12.2 Å². The van der Waals surface area contributed by atoms with Crippen molar-refractivity contribution in [3.63, 3.8) is 0 Å². The Morgan fingerprint density at radius 1 is 1.24 bits per heavy atom. The summed E-state index contributed by atoms with van der Waals surface area (Å²) in [5.41, 5.74) is -1.85. The molecule has 0 saturated heterocycles. The summed E-state index contributed by atoms with van der Waals surface area (Å²) in [5.74, 6) is 0. The highest BCUT2D eigenvalue weighted by molar-refractivity contribution is 5.66. The minimum Gasteiger partial charge on any atom is -0.450 e. The van der Waals surface area contributed by atoms with Crippen LogP contribution in [0.1, 0.15) is 53.9 Å². The van der Waals surface area contributed by atoms with Crippen molar-refractivity contribution in [2.24, 2.45) is 5.41 Å². The van der Waals surface area contributed by atoms with E-state index in [9.17, 15) is 15.0 Å². The third kappa shape index (κ3) is 5.67. The number of ether oxygens (including phenoxy) is 1. The van der Waals surface area contributed by atoms with Gasteiger partial charge >= 0.3 is 6.09 Å². The zero-order chi connectivity index (χ0) is 16.9. The molecule has 1 atom stereocenters. The van der Waals surface area contributed by atoms with Crippen molar-refractivity contribution in [2.45, 2.75) is 65.1 Å². The second-order valence-electron chi connectivity index (χ2n) is 6.67. The van der Waals surface area contributed by atoms with Gasteiger partial charge < -0.3 is 20.3 Å². The Morgan fingerprint density at radius 2 is 1.76 bits per heavy atom. The van der Waals surface area contributed by atoms with Crippen molar-refractivity contribution in [3.05, 3.63) is 12.2 Å². The zero-order valence-corrected chi connectivity index (χ0v) is 14.2. The zero-order valence-electron chi connectivity index (χ0n) is 14.2. The summed E-state index contributed by atoms with van der Waals surface area (Å²) < 4.78 is 5.06. The Kier molecular flexibility index (Phi) is 6.90. The Bertz CT molecular complexity index is 365. The van der Waals surface area contributed by atoms with Gasteiger partial charge in [0.2, 0.25) is 0 Å². The van der Waals surface area contributed by atoms with Crippen LogP contribution in [0.25, 0.3) is 0 Å². The molecule has 0 aliphatic heterocycles. The smallest absolute Gasteiger partial charge is 0.406 e. The molecule has 124 valence electrons. The van der Waals surface area contributed by atoms with Crippen LogP contribution >= 0.6 is 0 Å². The standard InChI is InChI=1S/C16H31NO4/c1-8-16(15(5,6)20,9-10-21-13(18)17-7)11-12(2)14(3,4)19/h19-20H,2,8-11H2,1,3-7H3,(H,17,18). The second-order valence-corrected chi connectivity index (χ2v) is 6.67. The molecule has 0 aromatic heterocycles. The van der Waals surface area contributed by atoms with Gasteiger partial charge in [0.05, 0.1) is 17.8 Å². The number of amides is 1. The highest BCUT2D eigenvalue weighted by Gasteiger charge is 2.43. The highest BCUT2D eigenvalue weighted by atomic mass is 16.5. The second kappa shape index (κ2) is 7.27. The number of hydrogen-bond donors (Lipinski definition) is 3. The molecule has 0 rings (SSSR count). The van der Waals surface area contributed by atoms with Gasteiger partial charge in [-0.1, -0.05) is 13.5 Å². The van der Waals surface area contributed by atoms with E-state index in [-0.39, 0.29) is 6.61 Å². The first kappa shape index (κ1) is 19.9. The minimum atomic E-state index is -1.01. The van der Waals surface area contributed by atoms with Gasteiger partial charge in [-0.2, -0.15) is 0 Å². The van der Waals surface area contributed by atoms with Crippen LogP contribution in [0.5, 0.6) is 0 Å². The van der Waals surface area contributed by atoms with Crippen LogP contribution in [0.2, 0.25) is 0 Å². The lowest BCUT2D eigenvalue weighted by Gasteiger charge is -2.45. The van der Waals surface area contributed by atoms with E-state index >= 15 is 0 Å². The average molecular weight is 301 g/mol. The molecule has 5 heteroatoms. The SMILES string of the molecule is C=C(CC(CC)(CCOC(=O)NC)C(C)(C)O)C(C)(C)O. The van der Waals surface area contributed by atoms with Gasteiger partial charge in [-0.25, -0.2) is 4.79 Å².